The first-order chi connectivity index (χ1) is 9.15. The van der Waals surface area contributed by atoms with Gasteiger partial charge in [-0.3, -0.25) is 4.79 Å². The molecule has 0 atom stereocenters. The zero-order chi connectivity index (χ0) is 13.7. The van der Waals surface area contributed by atoms with Crippen LogP contribution in [0.3, 0.4) is 0 Å². The Labute approximate surface area is 117 Å². The molecule has 2 rings (SSSR count). The summed E-state index contributed by atoms with van der Waals surface area (Å²) in [6.07, 6.45) is 3.53. The number of aliphatic hydroxyl groups excluding tert-OH is 1. The predicted molar refractivity (Wildman–Crippen MR) is 78.2 cm³/mol. The summed E-state index contributed by atoms with van der Waals surface area (Å²) in [4.78, 5) is 11.9. The van der Waals surface area contributed by atoms with Gasteiger partial charge in [0.05, 0.1) is 11.9 Å². The normalized spacial score (nSPS) is 23.0. The van der Waals surface area contributed by atoms with Crippen molar-refractivity contribution >= 4 is 23.4 Å². The van der Waals surface area contributed by atoms with Crippen LogP contribution in [-0.4, -0.2) is 28.9 Å². The Kier molecular flexibility index (Phi) is 5.10. The summed E-state index contributed by atoms with van der Waals surface area (Å²) < 4.78 is 0. The average Bonchev–Trinajstić information content (AvgIpc) is 2.40. The highest BCUT2D eigenvalue weighted by molar-refractivity contribution is 8.00. The molecule has 0 saturated heterocycles. The molecule has 0 unspecified atom stereocenters. The summed E-state index contributed by atoms with van der Waals surface area (Å²) >= 11 is 1.46. The topological polar surface area (TPSA) is 75.4 Å². The van der Waals surface area contributed by atoms with Crippen molar-refractivity contribution in [3.05, 3.63) is 24.3 Å². The molecule has 19 heavy (non-hydrogen) atoms. The van der Waals surface area contributed by atoms with Gasteiger partial charge in [-0.1, -0.05) is 12.1 Å². The van der Waals surface area contributed by atoms with Gasteiger partial charge in [0.15, 0.2) is 0 Å². The highest BCUT2D eigenvalue weighted by Crippen LogP contribution is 2.29. The van der Waals surface area contributed by atoms with Crippen molar-refractivity contribution in [3.8, 4) is 0 Å². The Balaban J connectivity index is 1.97. The Morgan fingerprint density at radius 1 is 1.32 bits per heavy atom. The molecule has 1 aliphatic rings. The smallest absolute Gasteiger partial charge is 0.227 e. The van der Waals surface area contributed by atoms with E-state index in [9.17, 15) is 9.90 Å². The van der Waals surface area contributed by atoms with Crippen LogP contribution in [0.2, 0.25) is 0 Å². The number of benzene rings is 1. The first kappa shape index (κ1) is 14.2. The van der Waals surface area contributed by atoms with E-state index in [4.69, 9.17) is 5.73 Å². The van der Waals surface area contributed by atoms with E-state index in [1.807, 2.05) is 24.3 Å². The van der Waals surface area contributed by atoms with Crippen LogP contribution in [0.15, 0.2) is 29.2 Å². The minimum atomic E-state index is -0.305. The van der Waals surface area contributed by atoms with Crippen molar-refractivity contribution in [2.45, 2.75) is 42.7 Å². The number of carbonyl (C=O) groups excluding carboxylic acids is 1. The van der Waals surface area contributed by atoms with Crippen molar-refractivity contribution in [2.75, 3.05) is 11.1 Å². The van der Waals surface area contributed by atoms with Gasteiger partial charge in [-0.05, 0) is 37.8 Å². The van der Waals surface area contributed by atoms with Crippen LogP contribution in [0.5, 0.6) is 0 Å². The van der Waals surface area contributed by atoms with Gasteiger partial charge in [0.2, 0.25) is 5.91 Å². The highest BCUT2D eigenvalue weighted by Gasteiger charge is 2.19. The third kappa shape index (κ3) is 4.44. The lowest BCUT2D eigenvalue weighted by atomic mass is 9.93. The van der Waals surface area contributed by atoms with Crippen LogP contribution in [0.4, 0.5) is 5.69 Å². The number of hydrogen-bond donors (Lipinski definition) is 3. The molecule has 104 valence electrons. The van der Waals surface area contributed by atoms with Gasteiger partial charge in [0, 0.05) is 16.6 Å². The summed E-state index contributed by atoms with van der Waals surface area (Å²) in [5, 5.41) is 13.0. The molecule has 0 aromatic heterocycles. The van der Waals surface area contributed by atoms with Crippen LogP contribution in [0.1, 0.15) is 25.7 Å². The standard InChI is InChI=1S/C14H20N2O2S/c15-14(18)9-19-13-4-2-1-3-12(13)16-10-5-7-11(17)8-6-10/h1-4,10-11,16-17H,5-9H2,(H2,15,18). The quantitative estimate of drug-likeness (QED) is 0.721. The number of para-hydroxylation sites is 1. The van der Waals surface area contributed by atoms with Crippen LogP contribution >= 0.6 is 11.8 Å². The number of carbonyl (C=O) groups is 1. The summed E-state index contributed by atoms with van der Waals surface area (Å²) in [5.74, 6) is -0.0113. The maximum atomic E-state index is 10.9. The SMILES string of the molecule is NC(=O)CSc1ccccc1NC1CCC(O)CC1. The number of nitrogens with two attached hydrogens (primary N) is 1. The number of amides is 1. The molecule has 1 saturated carbocycles. The molecule has 0 spiro atoms. The molecule has 1 aliphatic carbocycles. The van der Waals surface area contributed by atoms with Crippen molar-refractivity contribution in [1.82, 2.24) is 0 Å². The second-order valence-corrected chi connectivity index (χ2v) is 5.92. The summed E-state index contributed by atoms with van der Waals surface area (Å²) in [7, 11) is 0. The fourth-order valence-electron chi connectivity index (χ4n) is 2.30. The molecule has 0 aliphatic heterocycles. The lowest BCUT2D eigenvalue weighted by Gasteiger charge is -2.27. The molecule has 5 heteroatoms. The number of nitrogens with one attached hydrogen (secondary N) is 1. The average molecular weight is 280 g/mol. The third-order valence-corrected chi connectivity index (χ3v) is 4.41. The molecule has 4 N–H and O–H groups in total. The number of anilines is 1. The molecular formula is C14H20N2O2S. The van der Waals surface area contributed by atoms with E-state index in [0.717, 1.165) is 36.3 Å². The summed E-state index contributed by atoms with van der Waals surface area (Å²) in [5.41, 5.74) is 6.23. The molecule has 1 aromatic rings. The maximum absolute atomic E-state index is 10.9. The number of thioether (sulfide) groups is 1. The lowest BCUT2D eigenvalue weighted by Crippen LogP contribution is -2.28. The minimum Gasteiger partial charge on any atom is -0.393 e. The van der Waals surface area contributed by atoms with E-state index < -0.39 is 0 Å². The van der Waals surface area contributed by atoms with Gasteiger partial charge in [0.1, 0.15) is 0 Å². The second kappa shape index (κ2) is 6.82. The van der Waals surface area contributed by atoms with Gasteiger partial charge in [-0.15, -0.1) is 11.8 Å². The van der Waals surface area contributed by atoms with Crippen LogP contribution in [-0.2, 0) is 4.79 Å². The minimum absolute atomic E-state index is 0.141. The van der Waals surface area contributed by atoms with Gasteiger partial charge >= 0.3 is 0 Å². The largest absolute Gasteiger partial charge is 0.393 e. The fraction of sp³-hybridized carbons (Fsp3) is 0.500. The Bertz CT molecular complexity index is 431. The van der Waals surface area contributed by atoms with E-state index in [-0.39, 0.29) is 12.0 Å². The van der Waals surface area contributed by atoms with Gasteiger partial charge < -0.3 is 16.2 Å². The Morgan fingerprint density at radius 3 is 2.68 bits per heavy atom. The first-order valence-electron chi connectivity index (χ1n) is 6.60. The van der Waals surface area contributed by atoms with Crippen LogP contribution in [0.25, 0.3) is 0 Å². The molecule has 0 heterocycles. The summed E-state index contributed by atoms with van der Waals surface area (Å²) in [6.45, 7) is 0. The van der Waals surface area contributed by atoms with Crippen molar-refractivity contribution < 1.29 is 9.90 Å². The number of primary amides is 1. The molecule has 0 bridgehead atoms. The highest BCUT2D eigenvalue weighted by atomic mass is 32.2. The van der Waals surface area contributed by atoms with E-state index in [2.05, 4.69) is 5.32 Å². The first-order valence-corrected chi connectivity index (χ1v) is 7.58. The lowest BCUT2D eigenvalue weighted by molar-refractivity contribution is -0.115. The molecule has 1 aromatic carbocycles. The number of aliphatic hydroxyl groups is 1. The van der Waals surface area contributed by atoms with E-state index in [1.54, 1.807) is 0 Å². The third-order valence-electron chi connectivity index (χ3n) is 3.31. The molecule has 1 fully saturated rings. The number of hydrogen-bond acceptors (Lipinski definition) is 4. The second-order valence-electron chi connectivity index (χ2n) is 4.90. The van der Waals surface area contributed by atoms with Crippen LogP contribution in [0, 0.1) is 0 Å². The molecular weight excluding hydrogens is 260 g/mol. The van der Waals surface area contributed by atoms with E-state index in [1.165, 1.54) is 11.8 Å². The molecule has 4 nitrogen and oxygen atoms in total. The van der Waals surface area contributed by atoms with Crippen molar-refractivity contribution in [2.24, 2.45) is 5.73 Å². The summed E-state index contributed by atoms with van der Waals surface area (Å²) in [6, 6.07) is 8.36. The van der Waals surface area contributed by atoms with Gasteiger partial charge in [-0.25, -0.2) is 0 Å². The van der Waals surface area contributed by atoms with Gasteiger partial charge in [-0.2, -0.15) is 0 Å². The Morgan fingerprint density at radius 2 is 2.00 bits per heavy atom. The van der Waals surface area contributed by atoms with E-state index in [0.29, 0.717) is 11.8 Å². The van der Waals surface area contributed by atoms with Gasteiger partial charge in [0.25, 0.3) is 0 Å². The predicted octanol–water partition coefficient (Wildman–Crippen LogP) is 1.98. The molecule has 1 amide bonds. The Hall–Kier alpha value is -1.20. The zero-order valence-electron chi connectivity index (χ0n) is 10.8. The monoisotopic (exact) mass is 280 g/mol. The van der Waals surface area contributed by atoms with E-state index >= 15 is 0 Å². The van der Waals surface area contributed by atoms with Crippen molar-refractivity contribution in [1.29, 1.82) is 0 Å². The fourth-order valence-corrected chi connectivity index (χ4v) is 3.06. The molecule has 0 radical (unpaired) electrons. The van der Waals surface area contributed by atoms with Crippen molar-refractivity contribution in [3.63, 3.8) is 0 Å². The maximum Gasteiger partial charge on any atom is 0.227 e. The van der Waals surface area contributed by atoms with Crippen LogP contribution < -0.4 is 11.1 Å². The zero-order valence-corrected chi connectivity index (χ0v) is 11.7. The number of rotatable bonds is 5.